The minimum Gasteiger partial charge on any atom is -0.493 e. The number of ether oxygens (including phenoxy) is 2. The third-order valence-electron chi connectivity index (χ3n) is 5.27. The Morgan fingerprint density at radius 1 is 1.00 bits per heavy atom. The number of para-hydroxylation sites is 1. The van der Waals surface area contributed by atoms with Gasteiger partial charge in [0, 0.05) is 25.7 Å². The van der Waals surface area contributed by atoms with Crippen molar-refractivity contribution in [3.63, 3.8) is 0 Å². The normalized spacial score (nSPS) is 10.9. The topological polar surface area (TPSA) is 128 Å². The molecule has 0 atom stereocenters. The van der Waals surface area contributed by atoms with Crippen molar-refractivity contribution >= 4 is 27.3 Å². The molecule has 1 N–H and O–H groups in total. The van der Waals surface area contributed by atoms with Crippen molar-refractivity contribution in [3.8, 4) is 11.5 Å². The van der Waals surface area contributed by atoms with E-state index in [1.165, 1.54) is 35.2 Å². The van der Waals surface area contributed by atoms with Crippen LogP contribution < -0.4 is 14.2 Å². The third kappa shape index (κ3) is 6.07. The standard InChI is InChI=1S/C24H25N3O7S/c1-26(14-13-17-11-12-22(33-2)23(15-17)34-3)24(28)20-9-4-5-10-21(20)25-35(31,32)19-8-6-7-18(16-19)27(29)30/h4-12,15-16,25H,13-14H2,1-3H3. The van der Waals surface area contributed by atoms with Crippen LogP contribution in [0.25, 0.3) is 0 Å². The van der Waals surface area contributed by atoms with Crippen molar-refractivity contribution in [2.75, 3.05) is 32.5 Å². The van der Waals surface area contributed by atoms with E-state index >= 15 is 0 Å². The Morgan fingerprint density at radius 3 is 2.40 bits per heavy atom. The Balaban J connectivity index is 1.77. The van der Waals surface area contributed by atoms with Crippen molar-refractivity contribution in [2.24, 2.45) is 0 Å². The van der Waals surface area contributed by atoms with Gasteiger partial charge in [-0.1, -0.05) is 24.3 Å². The van der Waals surface area contributed by atoms with Gasteiger partial charge >= 0.3 is 0 Å². The fraction of sp³-hybridized carbons (Fsp3) is 0.208. The van der Waals surface area contributed by atoms with E-state index in [0.717, 1.165) is 11.6 Å². The van der Waals surface area contributed by atoms with Gasteiger partial charge in [0.15, 0.2) is 11.5 Å². The molecule has 1 amide bonds. The molecule has 3 rings (SSSR count). The fourth-order valence-electron chi connectivity index (χ4n) is 3.37. The molecule has 0 aliphatic rings. The number of non-ortho nitro benzene ring substituents is 1. The van der Waals surface area contributed by atoms with Crippen LogP contribution in [0.5, 0.6) is 11.5 Å². The molecule has 0 unspecified atom stereocenters. The van der Waals surface area contributed by atoms with E-state index < -0.39 is 14.9 Å². The molecule has 35 heavy (non-hydrogen) atoms. The van der Waals surface area contributed by atoms with Gasteiger partial charge in [0.05, 0.1) is 35.3 Å². The Morgan fingerprint density at radius 2 is 1.71 bits per heavy atom. The fourth-order valence-corrected chi connectivity index (χ4v) is 4.49. The second kappa shape index (κ2) is 10.9. The average Bonchev–Trinajstić information content (AvgIpc) is 2.86. The van der Waals surface area contributed by atoms with Crippen molar-refractivity contribution in [1.29, 1.82) is 0 Å². The van der Waals surface area contributed by atoms with Gasteiger partial charge in [0.1, 0.15) is 0 Å². The molecule has 0 bridgehead atoms. The van der Waals surface area contributed by atoms with Crippen LogP contribution in [0.3, 0.4) is 0 Å². The number of carbonyl (C=O) groups excluding carboxylic acids is 1. The first-order valence-corrected chi connectivity index (χ1v) is 12.0. The van der Waals surface area contributed by atoms with Crippen LogP contribution in [0, 0.1) is 10.1 Å². The van der Waals surface area contributed by atoms with Crippen molar-refractivity contribution < 1.29 is 27.6 Å². The molecule has 0 heterocycles. The summed E-state index contributed by atoms with van der Waals surface area (Å²) in [5.74, 6) is 0.799. The Hall–Kier alpha value is -4.12. The molecule has 11 heteroatoms. The zero-order valence-corrected chi connectivity index (χ0v) is 20.2. The van der Waals surface area contributed by atoms with E-state index in [0.29, 0.717) is 24.5 Å². The molecule has 0 aliphatic heterocycles. The first-order chi connectivity index (χ1) is 16.7. The van der Waals surface area contributed by atoms with Gasteiger partial charge in [-0.05, 0) is 42.3 Å². The Bertz CT molecular complexity index is 1340. The van der Waals surface area contributed by atoms with Crippen LogP contribution in [-0.4, -0.2) is 52.0 Å². The zero-order chi connectivity index (χ0) is 25.6. The van der Waals surface area contributed by atoms with Crippen LogP contribution in [0.15, 0.2) is 71.6 Å². The zero-order valence-electron chi connectivity index (χ0n) is 19.4. The molecule has 3 aromatic carbocycles. The van der Waals surface area contributed by atoms with E-state index in [1.807, 2.05) is 12.1 Å². The molecule has 0 spiro atoms. The lowest BCUT2D eigenvalue weighted by Crippen LogP contribution is -2.30. The molecule has 0 saturated heterocycles. The van der Waals surface area contributed by atoms with Crippen LogP contribution in [0.1, 0.15) is 15.9 Å². The summed E-state index contributed by atoms with van der Waals surface area (Å²) in [7, 11) is 0.543. The number of amides is 1. The average molecular weight is 500 g/mol. The van der Waals surface area contributed by atoms with Gasteiger partial charge < -0.3 is 14.4 Å². The number of nitrogens with one attached hydrogen (secondary N) is 1. The number of nitrogens with zero attached hydrogens (tertiary/aromatic N) is 2. The van der Waals surface area contributed by atoms with Crippen LogP contribution in [-0.2, 0) is 16.4 Å². The summed E-state index contributed by atoms with van der Waals surface area (Å²) in [4.78, 5) is 24.7. The SMILES string of the molecule is COc1ccc(CCN(C)C(=O)c2ccccc2NS(=O)(=O)c2cccc([N+](=O)[O-])c2)cc1OC. The molecule has 0 aromatic heterocycles. The number of likely N-dealkylation sites (N-methyl/N-ethyl adjacent to an activating group) is 1. The molecule has 10 nitrogen and oxygen atoms in total. The summed E-state index contributed by atoms with van der Waals surface area (Å²) in [6.07, 6.45) is 0.532. The van der Waals surface area contributed by atoms with Crippen molar-refractivity contribution in [3.05, 3.63) is 88.0 Å². The second-order valence-corrected chi connectivity index (χ2v) is 9.25. The molecule has 0 aliphatic carbocycles. The highest BCUT2D eigenvalue weighted by atomic mass is 32.2. The molecule has 3 aromatic rings. The smallest absolute Gasteiger partial charge is 0.270 e. The van der Waals surface area contributed by atoms with Gasteiger partial charge in [0.2, 0.25) is 0 Å². The molecule has 0 fully saturated rings. The van der Waals surface area contributed by atoms with E-state index in [2.05, 4.69) is 4.72 Å². The van der Waals surface area contributed by atoms with Gasteiger partial charge in [-0.15, -0.1) is 0 Å². The lowest BCUT2D eigenvalue weighted by molar-refractivity contribution is -0.385. The van der Waals surface area contributed by atoms with Crippen LogP contribution >= 0.6 is 0 Å². The maximum Gasteiger partial charge on any atom is 0.270 e. The van der Waals surface area contributed by atoms with Gasteiger partial charge in [-0.3, -0.25) is 19.6 Å². The number of anilines is 1. The predicted molar refractivity (Wildman–Crippen MR) is 131 cm³/mol. The van der Waals surface area contributed by atoms with Gasteiger partial charge in [-0.2, -0.15) is 0 Å². The van der Waals surface area contributed by atoms with E-state index in [4.69, 9.17) is 9.47 Å². The highest BCUT2D eigenvalue weighted by molar-refractivity contribution is 7.92. The van der Waals surface area contributed by atoms with Crippen molar-refractivity contribution in [2.45, 2.75) is 11.3 Å². The second-order valence-electron chi connectivity index (χ2n) is 7.57. The molecule has 184 valence electrons. The number of sulfonamides is 1. The minimum absolute atomic E-state index is 0.0713. The first kappa shape index (κ1) is 25.5. The monoisotopic (exact) mass is 499 g/mol. The number of hydrogen-bond acceptors (Lipinski definition) is 7. The first-order valence-electron chi connectivity index (χ1n) is 10.5. The lowest BCUT2D eigenvalue weighted by Gasteiger charge is -2.20. The summed E-state index contributed by atoms with van der Waals surface area (Å²) >= 11 is 0. The minimum atomic E-state index is -4.17. The number of hydrogen-bond donors (Lipinski definition) is 1. The number of methoxy groups -OCH3 is 2. The molecular weight excluding hydrogens is 474 g/mol. The van der Waals surface area contributed by atoms with E-state index in [1.54, 1.807) is 39.5 Å². The Labute approximate surface area is 203 Å². The third-order valence-corrected chi connectivity index (χ3v) is 6.63. The summed E-state index contributed by atoms with van der Waals surface area (Å²) in [6, 6.07) is 16.4. The van der Waals surface area contributed by atoms with E-state index in [-0.39, 0.29) is 27.7 Å². The van der Waals surface area contributed by atoms with Crippen LogP contribution in [0.2, 0.25) is 0 Å². The number of rotatable bonds is 10. The maximum atomic E-state index is 13.1. The van der Waals surface area contributed by atoms with Crippen molar-refractivity contribution in [1.82, 2.24) is 4.90 Å². The van der Waals surface area contributed by atoms with Gasteiger partial charge in [-0.25, -0.2) is 8.42 Å². The molecule has 0 radical (unpaired) electrons. The summed E-state index contributed by atoms with van der Waals surface area (Å²) < 4.78 is 38.7. The number of benzene rings is 3. The predicted octanol–water partition coefficient (Wildman–Crippen LogP) is 3.73. The van der Waals surface area contributed by atoms with Gasteiger partial charge in [0.25, 0.3) is 21.6 Å². The summed E-state index contributed by atoms with van der Waals surface area (Å²) in [5.41, 5.74) is 0.799. The molecular formula is C24H25N3O7S. The Kier molecular flexibility index (Phi) is 7.92. The quantitative estimate of drug-likeness (QED) is 0.332. The highest BCUT2D eigenvalue weighted by Gasteiger charge is 2.22. The lowest BCUT2D eigenvalue weighted by atomic mass is 10.1. The maximum absolute atomic E-state index is 13.1. The van der Waals surface area contributed by atoms with Crippen LogP contribution in [0.4, 0.5) is 11.4 Å². The molecule has 0 saturated carbocycles. The highest BCUT2D eigenvalue weighted by Crippen LogP contribution is 2.28. The number of nitro benzene ring substituents is 1. The largest absolute Gasteiger partial charge is 0.493 e. The number of nitro groups is 1. The summed E-state index contributed by atoms with van der Waals surface area (Å²) in [5, 5.41) is 11.0. The number of carbonyl (C=O) groups is 1. The summed E-state index contributed by atoms with van der Waals surface area (Å²) in [6.45, 7) is 0.361. The van der Waals surface area contributed by atoms with E-state index in [9.17, 15) is 23.3 Å².